The molecule has 2 heterocycles. The van der Waals surface area contributed by atoms with E-state index in [1.54, 1.807) is 29.6 Å². The number of carbonyl (C=O) groups excluding carboxylic acids is 1. The van der Waals surface area contributed by atoms with E-state index in [0.717, 1.165) is 5.56 Å². The van der Waals surface area contributed by atoms with Crippen LogP contribution in [0, 0.1) is 5.92 Å². The first-order chi connectivity index (χ1) is 14.1. The summed E-state index contributed by atoms with van der Waals surface area (Å²) in [5, 5.41) is 4.51. The Morgan fingerprint density at radius 1 is 1.17 bits per heavy atom. The third kappa shape index (κ3) is 5.96. The molecule has 6 nitrogen and oxygen atoms in total. The van der Waals surface area contributed by atoms with Crippen LogP contribution in [-0.2, 0) is 21.4 Å². The number of hydrogen-bond acceptors (Lipinski definition) is 5. The normalized spacial score (nSPS) is 16.4. The van der Waals surface area contributed by atoms with Crippen LogP contribution in [-0.4, -0.2) is 44.5 Å². The average Bonchev–Trinajstić information content (AvgIpc) is 3.26. The maximum atomic E-state index is 12.5. The molecular weight excluding hydrogens is 441 g/mol. The molecule has 11 heteroatoms. The number of halogens is 3. The van der Waals surface area contributed by atoms with Gasteiger partial charge in [-0.05, 0) is 42.0 Å². The Bertz CT molecular complexity index is 937. The van der Waals surface area contributed by atoms with E-state index in [-0.39, 0.29) is 37.2 Å². The second-order valence-electron chi connectivity index (χ2n) is 6.88. The van der Waals surface area contributed by atoms with Crippen LogP contribution in [0.1, 0.15) is 18.4 Å². The highest BCUT2D eigenvalue weighted by atomic mass is 32.2. The number of rotatable bonds is 7. The first-order valence-electron chi connectivity index (χ1n) is 9.25. The topological polar surface area (TPSA) is 75.7 Å². The first-order valence-corrected chi connectivity index (χ1v) is 11.6. The van der Waals surface area contributed by atoms with Gasteiger partial charge in [-0.3, -0.25) is 4.79 Å². The van der Waals surface area contributed by atoms with Gasteiger partial charge in [0.05, 0.1) is 0 Å². The van der Waals surface area contributed by atoms with E-state index in [2.05, 4.69) is 10.1 Å². The maximum absolute atomic E-state index is 12.5. The summed E-state index contributed by atoms with van der Waals surface area (Å²) in [4.78, 5) is 12.4. The summed E-state index contributed by atoms with van der Waals surface area (Å²) in [5.41, 5.74) is 0.723. The molecular formula is C19H21F3N2O4S2. The number of amides is 1. The van der Waals surface area contributed by atoms with E-state index in [4.69, 9.17) is 0 Å². The molecule has 3 rings (SSSR count). The van der Waals surface area contributed by atoms with Gasteiger partial charge < -0.3 is 10.1 Å². The van der Waals surface area contributed by atoms with Crippen molar-refractivity contribution in [3.63, 3.8) is 0 Å². The van der Waals surface area contributed by atoms with Crippen LogP contribution in [0.5, 0.6) is 5.75 Å². The zero-order valence-electron chi connectivity index (χ0n) is 15.9. The molecule has 0 bridgehead atoms. The molecule has 1 aromatic heterocycles. The molecule has 1 aliphatic rings. The minimum atomic E-state index is -4.40. The Morgan fingerprint density at radius 3 is 2.40 bits per heavy atom. The SMILES string of the molecule is O=C(NCc1ccc(OCC(F)(F)F)cc1)C1CCN(S(=O)(=O)c2cccs2)CC1. The molecule has 0 radical (unpaired) electrons. The van der Waals surface area contributed by atoms with Crippen molar-refractivity contribution in [2.45, 2.75) is 29.8 Å². The van der Waals surface area contributed by atoms with Gasteiger partial charge in [0, 0.05) is 25.6 Å². The van der Waals surface area contributed by atoms with Gasteiger partial charge in [-0.2, -0.15) is 17.5 Å². The van der Waals surface area contributed by atoms with Crippen LogP contribution >= 0.6 is 11.3 Å². The molecule has 0 atom stereocenters. The Morgan fingerprint density at radius 2 is 1.83 bits per heavy atom. The van der Waals surface area contributed by atoms with Gasteiger partial charge in [0.25, 0.3) is 10.0 Å². The van der Waals surface area contributed by atoms with E-state index >= 15 is 0 Å². The van der Waals surface area contributed by atoms with Crippen molar-refractivity contribution in [3.8, 4) is 5.75 Å². The van der Waals surface area contributed by atoms with Crippen LogP contribution in [0.15, 0.2) is 46.0 Å². The second-order valence-corrected chi connectivity index (χ2v) is 9.99. The van der Waals surface area contributed by atoms with Crippen LogP contribution in [0.4, 0.5) is 13.2 Å². The van der Waals surface area contributed by atoms with Crippen molar-refractivity contribution in [1.82, 2.24) is 9.62 Å². The fourth-order valence-corrected chi connectivity index (χ4v) is 5.71. The van der Waals surface area contributed by atoms with Gasteiger partial charge in [-0.15, -0.1) is 11.3 Å². The quantitative estimate of drug-likeness (QED) is 0.684. The summed E-state index contributed by atoms with van der Waals surface area (Å²) in [5.74, 6) is -0.350. The molecule has 0 spiro atoms. The molecule has 30 heavy (non-hydrogen) atoms. The molecule has 1 fully saturated rings. The Hall–Kier alpha value is -2.11. The number of nitrogens with zero attached hydrogens (tertiary/aromatic N) is 1. The number of hydrogen-bond donors (Lipinski definition) is 1. The summed E-state index contributed by atoms with van der Waals surface area (Å²) >= 11 is 1.17. The summed E-state index contributed by atoms with van der Waals surface area (Å²) in [6.45, 7) is -0.566. The molecule has 0 unspecified atom stereocenters. The monoisotopic (exact) mass is 462 g/mol. The van der Waals surface area contributed by atoms with Gasteiger partial charge in [0.15, 0.2) is 6.61 Å². The van der Waals surface area contributed by atoms with Crippen molar-refractivity contribution in [2.75, 3.05) is 19.7 Å². The van der Waals surface area contributed by atoms with Gasteiger partial charge >= 0.3 is 6.18 Å². The number of benzene rings is 1. The van der Waals surface area contributed by atoms with Crippen molar-refractivity contribution < 1.29 is 31.1 Å². The molecule has 1 saturated heterocycles. The van der Waals surface area contributed by atoms with Gasteiger partial charge in [0.1, 0.15) is 9.96 Å². The van der Waals surface area contributed by atoms with Crippen LogP contribution in [0.2, 0.25) is 0 Å². The number of piperidine rings is 1. The fourth-order valence-electron chi connectivity index (χ4n) is 3.10. The number of nitrogens with one attached hydrogen (secondary N) is 1. The zero-order valence-corrected chi connectivity index (χ0v) is 17.5. The molecule has 0 aliphatic carbocycles. The summed E-state index contributed by atoms with van der Waals surface area (Å²) in [7, 11) is -3.50. The van der Waals surface area contributed by atoms with Gasteiger partial charge in [-0.1, -0.05) is 18.2 Å². The van der Waals surface area contributed by atoms with Crippen molar-refractivity contribution in [1.29, 1.82) is 0 Å². The summed E-state index contributed by atoms with van der Waals surface area (Å²) in [6.07, 6.45) is -3.54. The summed E-state index contributed by atoms with van der Waals surface area (Å²) in [6, 6.07) is 9.26. The van der Waals surface area contributed by atoms with Gasteiger partial charge in [0.2, 0.25) is 5.91 Å². The van der Waals surface area contributed by atoms with Crippen LogP contribution in [0.25, 0.3) is 0 Å². The molecule has 0 saturated carbocycles. The number of alkyl halides is 3. The van der Waals surface area contributed by atoms with Gasteiger partial charge in [-0.25, -0.2) is 8.42 Å². The lowest BCUT2D eigenvalue weighted by atomic mass is 9.97. The third-order valence-electron chi connectivity index (χ3n) is 4.71. The highest BCUT2D eigenvalue weighted by molar-refractivity contribution is 7.91. The van der Waals surface area contributed by atoms with Crippen molar-refractivity contribution in [2.24, 2.45) is 5.92 Å². The smallest absolute Gasteiger partial charge is 0.422 e. The number of thiophene rings is 1. The zero-order chi connectivity index (χ0) is 21.8. The van der Waals surface area contributed by atoms with E-state index in [9.17, 15) is 26.4 Å². The predicted molar refractivity (Wildman–Crippen MR) is 106 cm³/mol. The van der Waals surface area contributed by atoms with Crippen LogP contribution < -0.4 is 10.1 Å². The largest absolute Gasteiger partial charge is 0.484 e. The number of ether oxygens (including phenoxy) is 1. The van der Waals surface area contributed by atoms with Crippen molar-refractivity contribution >= 4 is 27.3 Å². The van der Waals surface area contributed by atoms with E-state index < -0.39 is 22.8 Å². The highest BCUT2D eigenvalue weighted by Gasteiger charge is 2.32. The minimum absolute atomic E-state index is 0.0988. The molecule has 2 aromatic rings. The minimum Gasteiger partial charge on any atom is -0.484 e. The van der Waals surface area contributed by atoms with E-state index in [1.165, 1.54) is 27.8 Å². The maximum Gasteiger partial charge on any atom is 0.422 e. The predicted octanol–water partition coefficient (Wildman–Crippen LogP) is 3.41. The lowest BCUT2D eigenvalue weighted by molar-refractivity contribution is -0.153. The van der Waals surface area contributed by atoms with E-state index in [0.29, 0.717) is 17.1 Å². The Kier molecular flexibility index (Phi) is 7.04. The van der Waals surface area contributed by atoms with E-state index in [1.807, 2.05) is 0 Å². The van der Waals surface area contributed by atoms with Crippen molar-refractivity contribution in [3.05, 3.63) is 47.3 Å². The summed E-state index contributed by atoms with van der Waals surface area (Å²) < 4.78 is 67.9. The first kappa shape index (κ1) is 22.6. The molecule has 1 aromatic carbocycles. The molecule has 1 aliphatic heterocycles. The Balaban J connectivity index is 1.45. The molecule has 164 valence electrons. The average molecular weight is 463 g/mol. The van der Waals surface area contributed by atoms with Crippen LogP contribution in [0.3, 0.4) is 0 Å². The lowest BCUT2D eigenvalue weighted by Crippen LogP contribution is -2.42. The third-order valence-corrected chi connectivity index (χ3v) is 7.98. The fraction of sp³-hybridized carbons (Fsp3) is 0.421. The molecule has 1 amide bonds. The Labute approximate surface area is 176 Å². The standard InChI is InChI=1S/C19H21F3N2O4S2/c20-19(21,22)13-28-16-5-3-14(4-6-16)12-23-18(25)15-7-9-24(10-8-15)30(26,27)17-2-1-11-29-17/h1-6,11,15H,7-10,12-13H2,(H,23,25). The molecule has 1 N–H and O–H groups in total. The lowest BCUT2D eigenvalue weighted by Gasteiger charge is -2.30. The highest BCUT2D eigenvalue weighted by Crippen LogP contribution is 2.26. The second kappa shape index (κ2) is 9.36. The number of sulfonamides is 1. The number of carbonyl (C=O) groups is 1.